The molecule has 118 valence electrons. The van der Waals surface area contributed by atoms with E-state index < -0.39 is 0 Å². The number of rotatable bonds is 4. The number of hydrogen-bond donors (Lipinski definition) is 2. The van der Waals surface area contributed by atoms with Crippen molar-refractivity contribution in [2.75, 3.05) is 18.4 Å². The zero-order valence-corrected chi connectivity index (χ0v) is 13.4. The number of fused-ring (bicyclic) bond motifs is 1. The molecule has 1 aliphatic heterocycles. The number of benzene rings is 1. The number of piperidine rings is 1. The lowest BCUT2D eigenvalue weighted by molar-refractivity contribution is -0.120. The van der Waals surface area contributed by atoms with Crippen LogP contribution in [0.25, 0.3) is 10.9 Å². The van der Waals surface area contributed by atoms with E-state index in [0.29, 0.717) is 5.92 Å². The van der Waals surface area contributed by atoms with Crippen LogP contribution in [0, 0.1) is 11.8 Å². The molecule has 0 bridgehead atoms. The third kappa shape index (κ3) is 3.33. The SMILES string of the molecule is CC(C)Cn1ccc2cc(NC(=O)C3CCNCC3)ccc21. The molecule has 2 aromatic rings. The Bertz CT molecular complexity index is 653. The van der Waals surface area contributed by atoms with Crippen molar-refractivity contribution in [1.82, 2.24) is 9.88 Å². The van der Waals surface area contributed by atoms with Crippen LogP contribution in [0.15, 0.2) is 30.5 Å². The number of carbonyl (C=O) groups excluding carboxylic acids is 1. The maximum atomic E-state index is 12.3. The molecule has 0 radical (unpaired) electrons. The summed E-state index contributed by atoms with van der Waals surface area (Å²) in [7, 11) is 0. The molecule has 0 unspecified atom stereocenters. The second-order valence-electron chi connectivity index (χ2n) is 6.65. The van der Waals surface area contributed by atoms with Crippen molar-refractivity contribution in [2.45, 2.75) is 33.2 Å². The van der Waals surface area contributed by atoms with Crippen molar-refractivity contribution < 1.29 is 4.79 Å². The van der Waals surface area contributed by atoms with Gasteiger partial charge in [0.05, 0.1) is 0 Å². The van der Waals surface area contributed by atoms with E-state index in [1.165, 1.54) is 10.9 Å². The van der Waals surface area contributed by atoms with Gasteiger partial charge in [-0.1, -0.05) is 13.8 Å². The highest BCUT2D eigenvalue weighted by Crippen LogP contribution is 2.23. The number of aromatic nitrogens is 1. The Kier molecular flexibility index (Phi) is 4.48. The van der Waals surface area contributed by atoms with E-state index in [-0.39, 0.29) is 11.8 Å². The minimum absolute atomic E-state index is 0.141. The van der Waals surface area contributed by atoms with Crippen LogP contribution >= 0.6 is 0 Å². The fraction of sp³-hybridized carbons (Fsp3) is 0.500. The highest BCUT2D eigenvalue weighted by atomic mass is 16.1. The summed E-state index contributed by atoms with van der Waals surface area (Å²) in [6.07, 6.45) is 3.99. The van der Waals surface area contributed by atoms with Gasteiger partial charge in [-0.15, -0.1) is 0 Å². The Morgan fingerprint density at radius 3 is 2.82 bits per heavy atom. The number of nitrogens with one attached hydrogen (secondary N) is 2. The summed E-state index contributed by atoms with van der Waals surface area (Å²) in [6, 6.07) is 8.32. The van der Waals surface area contributed by atoms with Crippen LogP contribution in [0.3, 0.4) is 0 Å². The minimum Gasteiger partial charge on any atom is -0.347 e. The van der Waals surface area contributed by atoms with Crippen molar-refractivity contribution in [1.29, 1.82) is 0 Å². The van der Waals surface area contributed by atoms with Gasteiger partial charge in [-0.2, -0.15) is 0 Å². The zero-order valence-electron chi connectivity index (χ0n) is 13.4. The fourth-order valence-corrected chi connectivity index (χ4v) is 3.16. The van der Waals surface area contributed by atoms with Gasteiger partial charge in [0.25, 0.3) is 0 Å². The quantitative estimate of drug-likeness (QED) is 0.910. The maximum Gasteiger partial charge on any atom is 0.227 e. The van der Waals surface area contributed by atoms with E-state index in [2.05, 4.69) is 53.4 Å². The summed E-state index contributed by atoms with van der Waals surface area (Å²) in [5.74, 6) is 0.917. The summed E-state index contributed by atoms with van der Waals surface area (Å²) >= 11 is 0. The first kappa shape index (κ1) is 15.1. The molecule has 4 heteroatoms. The summed E-state index contributed by atoms with van der Waals surface area (Å²) in [5.41, 5.74) is 2.13. The van der Waals surface area contributed by atoms with E-state index in [1.807, 2.05) is 6.07 Å². The molecule has 4 nitrogen and oxygen atoms in total. The van der Waals surface area contributed by atoms with E-state index >= 15 is 0 Å². The van der Waals surface area contributed by atoms with Crippen molar-refractivity contribution in [2.24, 2.45) is 11.8 Å². The Balaban J connectivity index is 1.73. The van der Waals surface area contributed by atoms with Gasteiger partial charge in [-0.25, -0.2) is 0 Å². The highest BCUT2D eigenvalue weighted by Gasteiger charge is 2.20. The van der Waals surface area contributed by atoms with Crippen LogP contribution in [0.2, 0.25) is 0 Å². The fourth-order valence-electron chi connectivity index (χ4n) is 3.16. The number of nitrogens with zero attached hydrogens (tertiary/aromatic N) is 1. The molecular weight excluding hydrogens is 274 g/mol. The summed E-state index contributed by atoms with van der Waals surface area (Å²) < 4.78 is 2.28. The first-order chi connectivity index (χ1) is 10.6. The lowest BCUT2D eigenvalue weighted by atomic mass is 9.97. The van der Waals surface area contributed by atoms with Gasteiger partial charge in [-0.05, 0) is 56.1 Å². The van der Waals surface area contributed by atoms with Gasteiger partial charge in [0.2, 0.25) is 5.91 Å². The van der Waals surface area contributed by atoms with Gasteiger partial charge in [0, 0.05) is 35.2 Å². The molecule has 1 aromatic carbocycles. The Labute approximate surface area is 131 Å². The average Bonchev–Trinajstić information content (AvgIpc) is 2.90. The van der Waals surface area contributed by atoms with Crippen LogP contribution in [0.5, 0.6) is 0 Å². The topological polar surface area (TPSA) is 46.1 Å². The number of carbonyl (C=O) groups is 1. The average molecular weight is 299 g/mol. The normalized spacial score (nSPS) is 16.3. The van der Waals surface area contributed by atoms with Gasteiger partial charge in [-0.3, -0.25) is 4.79 Å². The summed E-state index contributed by atoms with van der Waals surface area (Å²) in [4.78, 5) is 12.3. The van der Waals surface area contributed by atoms with Gasteiger partial charge >= 0.3 is 0 Å². The predicted octanol–water partition coefficient (Wildman–Crippen LogP) is 3.24. The van der Waals surface area contributed by atoms with E-state index in [4.69, 9.17) is 0 Å². The molecule has 1 aliphatic rings. The largest absolute Gasteiger partial charge is 0.347 e. The van der Waals surface area contributed by atoms with E-state index in [9.17, 15) is 4.79 Å². The Morgan fingerprint density at radius 1 is 1.32 bits per heavy atom. The molecule has 1 amide bonds. The lowest BCUT2D eigenvalue weighted by Crippen LogP contribution is -2.34. The van der Waals surface area contributed by atoms with Crippen LogP contribution in [0.1, 0.15) is 26.7 Å². The van der Waals surface area contributed by atoms with Gasteiger partial charge in [0.1, 0.15) is 0 Å². The molecular formula is C18H25N3O. The first-order valence-corrected chi connectivity index (χ1v) is 8.24. The van der Waals surface area contributed by atoms with Crippen molar-refractivity contribution in [3.05, 3.63) is 30.5 Å². The van der Waals surface area contributed by atoms with E-state index in [0.717, 1.165) is 38.2 Å². The molecule has 0 spiro atoms. The molecule has 0 atom stereocenters. The third-order valence-corrected chi connectivity index (χ3v) is 4.31. The van der Waals surface area contributed by atoms with Crippen molar-refractivity contribution in [3.8, 4) is 0 Å². The van der Waals surface area contributed by atoms with Crippen LogP contribution in [-0.4, -0.2) is 23.6 Å². The standard InChI is InChI=1S/C18H25N3O/c1-13(2)12-21-10-7-15-11-16(3-4-17(15)21)20-18(22)14-5-8-19-9-6-14/h3-4,7,10-11,13-14,19H,5-6,8-9,12H2,1-2H3,(H,20,22). The third-order valence-electron chi connectivity index (χ3n) is 4.31. The number of hydrogen-bond acceptors (Lipinski definition) is 2. The summed E-state index contributed by atoms with van der Waals surface area (Å²) in [5, 5.41) is 7.55. The molecule has 1 fully saturated rings. The van der Waals surface area contributed by atoms with Crippen molar-refractivity contribution in [3.63, 3.8) is 0 Å². The van der Waals surface area contributed by atoms with E-state index in [1.54, 1.807) is 0 Å². The molecule has 0 saturated carbocycles. The highest BCUT2D eigenvalue weighted by molar-refractivity contribution is 5.95. The molecule has 1 saturated heterocycles. The molecule has 2 heterocycles. The zero-order chi connectivity index (χ0) is 15.5. The van der Waals surface area contributed by atoms with Crippen LogP contribution < -0.4 is 10.6 Å². The van der Waals surface area contributed by atoms with Crippen molar-refractivity contribution >= 4 is 22.5 Å². The molecule has 0 aliphatic carbocycles. The molecule has 1 aromatic heterocycles. The molecule has 22 heavy (non-hydrogen) atoms. The van der Waals surface area contributed by atoms with Crippen LogP contribution in [-0.2, 0) is 11.3 Å². The second kappa shape index (κ2) is 6.53. The molecule has 2 N–H and O–H groups in total. The lowest BCUT2D eigenvalue weighted by Gasteiger charge is -2.21. The Morgan fingerprint density at radius 2 is 2.09 bits per heavy atom. The number of amides is 1. The smallest absolute Gasteiger partial charge is 0.227 e. The molecule has 3 rings (SSSR count). The first-order valence-electron chi connectivity index (χ1n) is 8.24. The predicted molar refractivity (Wildman–Crippen MR) is 91.0 cm³/mol. The second-order valence-corrected chi connectivity index (χ2v) is 6.65. The van der Waals surface area contributed by atoms with Crippen LogP contribution in [0.4, 0.5) is 5.69 Å². The van der Waals surface area contributed by atoms with Gasteiger partial charge in [0.15, 0.2) is 0 Å². The minimum atomic E-state index is 0.141. The summed E-state index contributed by atoms with van der Waals surface area (Å²) in [6.45, 7) is 7.34. The Hall–Kier alpha value is -1.81. The maximum absolute atomic E-state index is 12.3. The number of anilines is 1. The monoisotopic (exact) mass is 299 g/mol. The van der Waals surface area contributed by atoms with Gasteiger partial charge < -0.3 is 15.2 Å².